The van der Waals surface area contributed by atoms with Crippen LogP contribution in [-0.2, 0) is 22.0 Å². The van der Waals surface area contributed by atoms with Gasteiger partial charge in [-0.05, 0) is 34.7 Å². The van der Waals surface area contributed by atoms with E-state index < -0.39 is 15.6 Å². The number of imidazole rings is 1. The van der Waals surface area contributed by atoms with Crippen LogP contribution in [0.1, 0.15) is 25.1 Å². The van der Waals surface area contributed by atoms with Crippen LogP contribution < -0.4 is 5.14 Å². The van der Waals surface area contributed by atoms with Gasteiger partial charge in [0, 0.05) is 6.42 Å². The van der Waals surface area contributed by atoms with E-state index in [2.05, 4.69) is 9.97 Å². The van der Waals surface area contributed by atoms with Crippen LogP contribution in [0.5, 0.6) is 0 Å². The zero-order valence-electron chi connectivity index (χ0n) is 15.3. The molecule has 0 aliphatic rings. The second-order valence-electron chi connectivity index (χ2n) is 6.99. The van der Waals surface area contributed by atoms with Gasteiger partial charge in [-0.3, -0.25) is 0 Å². The molecule has 0 saturated heterocycles. The molecule has 6 nitrogen and oxygen atoms in total. The number of sulfonamides is 1. The SMILES string of the molecule is CC(C)C(O)(Cc1ccc(-c2cccc(S(N)(=O)=O)c2)cc1)c1cnc[nH]1. The molecule has 0 radical (unpaired) electrons. The number of aliphatic hydroxyl groups is 1. The largest absolute Gasteiger partial charge is 0.383 e. The van der Waals surface area contributed by atoms with Crippen LogP contribution in [0.15, 0.2) is 66.0 Å². The van der Waals surface area contributed by atoms with E-state index in [0.717, 1.165) is 16.7 Å². The molecule has 2 aromatic carbocycles. The molecule has 1 heterocycles. The van der Waals surface area contributed by atoms with Crippen molar-refractivity contribution in [2.45, 2.75) is 30.8 Å². The van der Waals surface area contributed by atoms with E-state index in [0.29, 0.717) is 12.1 Å². The zero-order valence-corrected chi connectivity index (χ0v) is 16.1. The third-order valence-corrected chi connectivity index (χ3v) is 5.75. The Balaban J connectivity index is 1.88. The van der Waals surface area contributed by atoms with Gasteiger partial charge in [0.15, 0.2) is 0 Å². The molecular weight excluding hydrogens is 362 g/mol. The summed E-state index contributed by atoms with van der Waals surface area (Å²) in [5.41, 5.74) is 2.24. The molecular formula is C20H23N3O3S. The van der Waals surface area contributed by atoms with E-state index in [1.165, 1.54) is 6.07 Å². The summed E-state index contributed by atoms with van der Waals surface area (Å²) in [5, 5.41) is 16.4. The fraction of sp³-hybridized carbons (Fsp3) is 0.250. The number of rotatable bonds is 6. The Morgan fingerprint density at radius 2 is 1.85 bits per heavy atom. The zero-order chi connectivity index (χ0) is 19.7. The molecule has 1 atom stereocenters. The summed E-state index contributed by atoms with van der Waals surface area (Å²) in [6.45, 7) is 3.93. The van der Waals surface area contributed by atoms with Crippen LogP contribution in [0, 0.1) is 5.92 Å². The second kappa shape index (κ2) is 7.26. The minimum Gasteiger partial charge on any atom is -0.383 e. The van der Waals surface area contributed by atoms with E-state index in [-0.39, 0.29) is 10.8 Å². The number of nitrogens with one attached hydrogen (secondary N) is 1. The van der Waals surface area contributed by atoms with Gasteiger partial charge in [0.05, 0.1) is 23.1 Å². The summed E-state index contributed by atoms with van der Waals surface area (Å²) >= 11 is 0. The van der Waals surface area contributed by atoms with Crippen LogP contribution in [0.2, 0.25) is 0 Å². The number of benzene rings is 2. The van der Waals surface area contributed by atoms with Gasteiger partial charge in [-0.2, -0.15) is 0 Å². The lowest BCUT2D eigenvalue weighted by Gasteiger charge is -2.31. The Morgan fingerprint density at radius 1 is 1.15 bits per heavy atom. The first-order chi connectivity index (χ1) is 12.7. The van der Waals surface area contributed by atoms with Crippen molar-refractivity contribution in [2.75, 3.05) is 0 Å². The monoisotopic (exact) mass is 385 g/mol. The van der Waals surface area contributed by atoms with Crippen molar-refractivity contribution in [2.24, 2.45) is 11.1 Å². The molecule has 7 heteroatoms. The molecule has 142 valence electrons. The molecule has 0 amide bonds. The lowest BCUT2D eigenvalue weighted by atomic mass is 9.82. The normalized spacial score (nSPS) is 14.3. The van der Waals surface area contributed by atoms with Gasteiger partial charge in [-0.1, -0.05) is 50.2 Å². The summed E-state index contributed by atoms with van der Waals surface area (Å²) in [6.07, 6.45) is 3.64. The highest BCUT2D eigenvalue weighted by Gasteiger charge is 2.34. The van der Waals surface area contributed by atoms with Crippen molar-refractivity contribution >= 4 is 10.0 Å². The number of H-pyrrole nitrogens is 1. The van der Waals surface area contributed by atoms with Gasteiger partial charge in [0.25, 0.3) is 0 Å². The fourth-order valence-corrected chi connectivity index (χ4v) is 3.64. The van der Waals surface area contributed by atoms with Crippen LogP contribution in [0.4, 0.5) is 0 Å². The number of primary sulfonamides is 1. The lowest BCUT2D eigenvalue weighted by Crippen LogP contribution is -2.35. The maximum Gasteiger partial charge on any atom is 0.238 e. The highest BCUT2D eigenvalue weighted by Crippen LogP contribution is 2.32. The topological polar surface area (TPSA) is 109 Å². The van der Waals surface area contributed by atoms with Gasteiger partial charge in [0.2, 0.25) is 10.0 Å². The summed E-state index contributed by atoms with van der Waals surface area (Å²) in [4.78, 5) is 7.11. The highest BCUT2D eigenvalue weighted by atomic mass is 32.2. The highest BCUT2D eigenvalue weighted by molar-refractivity contribution is 7.89. The first-order valence-electron chi connectivity index (χ1n) is 8.63. The Bertz CT molecular complexity index is 1010. The molecule has 3 rings (SSSR count). The van der Waals surface area contributed by atoms with Crippen LogP contribution >= 0.6 is 0 Å². The van der Waals surface area contributed by atoms with Gasteiger partial charge in [0.1, 0.15) is 5.60 Å². The molecule has 1 unspecified atom stereocenters. The smallest absolute Gasteiger partial charge is 0.238 e. The van der Waals surface area contributed by atoms with Crippen molar-refractivity contribution in [1.82, 2.24) is 9.97 Å². The standard InChI is InChI=1S/C20H23N3O3S/c1-14(2)20(24,19-12-22-13-23-19)11-15-6-8-16(9-7-15)17-4-3-5-18(10-17)27(21,25)26/h3-10,12-14,24H,11H2,1-2H3,(H,22,23)(H2,21,25,26). The number of aromatic nitrogens is 2. The molecule has 0 fully saturated rings. The van der Waals surface area contributed by atoms with E-state index in [9.17, 15) is 13.5 Å². The predicted octanol–water partition coefficient (Wildman–Crippen LogP) is 2.81. The van der Waals surface area contributed by atoms with E-state index in [1.807, 2.05) is 44.2 Å². The third-order valence-electron chi connectivity index (χ3n) is 4.84. The average molecular weight is 385 g/mol. The molecule has 0 aliphatic carbocycles. The summed E-state index contributed by atoms with van der Waals surface area (Å²) in [7, 11) is -3.74. The predicted molar refractivity (Wildman–Crippen MR) is 104 cm³/mol. The quantitative estimate of drug-likeness (QED) is 0.606. The van der Waals surface area contributed by atoms with Crippen LogP contribution in [0.3, 0.4) is 0 Å². The van der Waals surface area contributed by atoms with Crippen LogP contribution in [0.25, 0.3) is 11.1 Å². The van der Waals surface area contributed by atoms with Crippen molar-refractivity contribution in [3.05, 3.63) is 72.3 Å². The molecule has 4 N–H and O–H groups in total. The minimum absolute atomic E-state index is 0.0101. The number of hydrogen-bond acceptors (Lipinski definition) is 4. The summed E-state index contributed by atoms with van der Waals surface area (Å²) in [6, 6.07) is 14.2. The van der Waals surface area contributed by atoms with Crippen molar-refractivity contribution < 1.29 is 13.5 Å². The second-order valence-corrected chi connectivity index (χ2v) is 8.55. The summed E-state index contributed by atoms with van der Waals surface area (Å²) in [5.74, 6) is -0.0101. The number of nitrogens with zero attached hydrogens (tertiary/aromatic N) is 1. The van der Waals surface area contributed by atoms with E-state index in [1.54, 1.807) is 24.7 Å². The van der Waals surface area contributed by atoms with Crippen LogP contribution in [-0.4, -0.2) is 23.5 Å². The molecule has 0 bridgehead atoms. The maximum absolute atomic E-state index is 11.5. The molecule has 1 aromatic heterocycles. The Kier molecular flexibility index (Phi) is 5.19. The fourth-order valence-electron chi connectivity index (χ4n) is 3.08. The number of aromatic amines is 1. The average Bonchev–Trinajstić information content (AvgIpc) is 3.17. The van der Waals surface area contributed by atoms with Gasteiger partial charge in [-0.25, -0.2) is 18.5 Å². The number of hydrogen-bond donors (Lipinski definition) is 3. The Hall–Kier alpha value is -2.48. The molecule has 0 spiro atoms. The molecule has 0 saturated carbocycles. The minimum atomic E-state index is -3.74. The summed E-state index contributed by atoms with van der Waals surface area (Å²) < 4.78 is 23.1. The van der Waals surface area contributed by atoms with Gasteiger partial charge < -0.3 is 10.1 Å². The first kappa shape index (κ1) is 19.3. The van der Waals surface area contributed by atoms with Crippen molar-refractivity contribution in [1.29, 1.82) is 0 Å². The first-order valence-corrected chi connectivity index (χ1v) is 10.2. The van der Waals surface area contributed by atoms with E-state index >= 15 is 0 Å². The maximum atomic E-state index is 11.5. The van der Waals surface area contributed by atoms with Crippen molar-refractivity contribution in [3.8, 4) is 11.1 Å². The molecule has 27 heavy (non-hydrogen) atoms. The Morgan fingerprint density at radius 3 is 2.41 bits per heavy atom. The third kappa shape index (κ3) is 4.10. The van der Waals surface area contributed by atoms with Gasteiger partial charge >= 0.3 is 0 Å². The Labute approximate surface area is 159 Å². The number of nitrogens with two attached hydrogens (primary N) is 1. The molecule has 0 aliphatic heterocycles. The van der Waals surface area contributed by atoms with E-state index in [4.69, 9.17) is 5.14 Å². The molecule has 3 aromatic rings. The van der Waals surface area contributed by atoms with Gasteiger partial charge in [-0.15, -0.1) is 0 Å². The lowest BCUT2D eigenvalue weighted by molar-refractivity contribution is -0.0137. The van der Waals surface area contributed by atoms with Crippen molar-refractivity contribution in [3.63, 3.8) is 0 Å².